The number of urea groups is 1. The van der Waals surface area contributed by atoms with Crippen LogP contribution in [0.5, 0.6) is 0 Å². The lowest BCUT2D eigenvalue weighted by Crippen LogP contribution is -2.36. The quantitative estimate of drug-likeness (QED) is 0.588. The van der Waals surface area contributed by atoms with Crippen LogP contribution in [-0.4, -0.2) is 22.3 Å². The molecule has 4 rings (SSSR count). The number of nitrogens with zero attached hydrogens (tertiary/aromatic N) is 1. The maximum atomic E-state index is 12.7. The highest BCUT2D eigenvalue weighted by Crippen LogP contribution is 2.36. The number of carbonyl (C=O) groups excluding carboxylic acids is 1. The van der Waals surface area contributed by atoms with E-state index in [2.05, 4.69) is 20.8 Å². The molecular weight excluding hydrogens is 369 g/mol. The van der Waals surface area contributed by atoms with Gasteiger partial charge in [0.25, 0.3) is 0 Å². The number of hydrogen-bond donors (Lipinski definition) is 3. The molecule has 2 aromatic carbocycles. The Morgan fingerprint density at radius 2 is 1.89 bits per heavy atom. The zero-order chi connectivity index (χ0) is 19.7. The Bertz CT molecular complexity index is 981. The van der Waals surface area contributed by atoms with E-state index in [9.17, 15) is 18.0 Å². The van der Waals surface area contributed by atoms with E-state index in [4.69, 9.17) is 0 Å². The second kappa shape index (κ2) is 7.18. The fraction of sp³-hybridized carbons (Fsp3) is 0.300. The number of hydrogen-bond acceptors (Lipinski definition) is 2. The van der Waals surface area contributed by atoms with Crippen LogP contribution in [0.25, 0.3) is 10.9 Å². The summed E-state index contributed by atoms with van der Waals surface area (Å²) in [5, 5.41) is 13.4. The van der Waals surface area contributed by atoms with Gasteiger partial charge in [-0.3, -0.25) is 5.10 Å². The molecule has 0 spiro atoms. The first-order valence-corrected chi connectivity index (χ1v) is 9.07. The Balaban J connectivity index is 1.35. The molecular formula is C20H19F3N4O. The molecule has 8 heteroatoms. The molecule has 0 aliphatic heterocycles. The molecule has 146 valence electrons. The smallest absolute Gasteiger partial charge is 0.335 e. The number of aromatic amines is 1. The van der Waals surface area contributed by atoms with Crippen molar-refractivity contribution in [3.05, 3.63) is 59.8 Å². The molecule has 3 N–H and O–H groups in total. The fourth-order valence-corrected chi connectivity index (χ4v) is 3.78. The van der Waals surface area contributed by atoms with Crippen LogP contribution in [0.3, 0.4) is 0 Å². The Morgan fingerprint density at radius 3 is 2.64 bits per heavy atom. The lowest BCUT2D eigenvalue weighted by Gasteiger charge is -2.15. The highest BCUT2D eigenvalue weighted by atomic mass is 19.4. The van der Waals surface area contributed by atoms with Gasteiger partial charge in [0.05, 0.1) is 23.0 Å². The van der Waals surface area contributed by atoms with Gasteiger partial charge >= 0.3 is 12.2 Å². The number of halogens is 3. The molecule has 5 nitrogen and oxygen atoms in total. The molecule has 0 unspecified atom stereocenters. The first-order valence-electron chi connectivity index (χ1n) is 9.07. The molecule has 1 fully saturated rings. The number of carbonyl (C=O) groups is 1. The zero-order valence-electron chi connectivity index (χ0n) is 14.9. The van der Waals surface area contributed by atoms with Gasteiger partial charge in [0.1, 0.15) is 0 Å². The van der Waals surface area contributed by atoms with Crippen molar-refractivity contribution in [3.63, 3.8) is 0 Å². The number of amides is 2. The van der Waals surface area contributed by atoms with Crippen molar-refractivity contribution in [2.75, 3.05) is 5.32 Å². The molecule has 1 aliphatic carbocycles. The second-order valence-corrected chi connectivity index (χ2v) is 7.06. The summed E-state index contributed by atoms with van der Waals surface area (Å²) in [5.74, 6) is 0.143. The van der Waals surface area contributed by atoms with Gasteiger partial charge in [-0.1, -0.05) is 18.2 Å². The van der Waals surface area contributed by atoms with Gasteiger partial charge < -0.3 is 10.6 Å². The Morgan fingerprint density at radius 1 is 1.11 bits per heavy atom. The summed E-state index contributed by atoms with van der Waals surface area (Å²) in [6.45, 7) is 0. The maximum absolute atomic E-state index is 12.7. The van der Waals surface area contributed by atoms with Crippen molar-refractivity contribution >= 4 is 22.6 Å². The molecule has 3 aromatic rings. The third-order valence-electron chi connectivity index (χ3n) is 5.21. The molecule has 2 amide bonds. The van der Waals surface area contributed by atoms with E-state index in [1.54, 1.807) is 12.3 Å². The number of rotatable bonds is 3. The minimum absolute atomic E-state index is 0.0177. The average molecular weight is 388 g/mol. The largest absolute Gasteiger partial charge is 0.416 e. The van der Waals surface area contributed by atoms with E-state index < -0.39 is 11.7 Å². The van der Waals surface area contributed by atoms with Crippen LogP contribution >= 0.6 is 0 Å². The third-order valence-corrected chi connectivity index (χ3v) is 5.21. The number of H-pyrrole nitrogens is 1. The minimum Gasteiger partial charge on any atom is -0.335 e. The summed E-state index contributed by atoms with van der Waals surface area (Å²) < 4.78 is 38.1. The number of anilines is 1. The van der Waals surface area contributed by atoms with Gasteiger partial charge in [0.15, 0.2) is 0 Å². The molecule has 1 saturated carbocycles. The topological polar surface area (TPSA) is 69.8 Å². The van der Waals surface area contributed by atoms with Crippen LogP contribution in [0, 0.1) is 0 Å². The van der Waals surface area contributed by atoms with Crippen LogP contribution in [-0.2, 0) is 6.18 Å². The predicted octanol–water partition coefficient (Wildman–Crippen LogP) is 5.04. The molecule has 1 aliphatic rings. The first-order chi connectivity index (χ1) is 13.4. The maximum Gasteiger partial charge on any atom is 0.416 e. The third kappa shape index (κ3) is 3.81. The van der Waals surface area contributed by atoms with Crippen molar-refractivity contribution in [1.82, 2.24) is 15.5 Å². The van der Waals surface area contributed by atoms with E-state index in [0.29, 0.717) is 12.1 Å². The van der Waals surface area contributed by atoms with Crippen molar-refractivity contribution in [2.24, 2.45) is 0 Å². The summed E-state index contributed by atoms with van der Waals surface area (Å²) in [5.41, 5.74) is 1.74. The number of fused-ring (bicyclic) bond motifs is 1. The number of alkyl halides is 3. The summed E-state index contributed by atoms with van der Waals surface area (Å²) in [4.78, 5) is 12.4. The van der Waals surface area contributed by atoms with E-state index in [1.807, 2.05) is 12.1 Å². The van der Waals surface area contributed by atoms with E-state index in [0.717, 1.165) is 41.4 Å². The summed E-state index contributed by atoms with van der Waals surface area (Å²) in [6, 6.07) is 10.5. The Kier molecular flexibility index (Phi) is 4.70. The van der Waals surface area contributed by atoms with Crippen molar-refractivity contribution in [2.45, 2.75) is 37.4 Å². The molecule has 1 heterocycles. The Hall–Kier alpha value is -3.03. The summed E-state index contributed by atoms with van der Waals surface area (Å²) in [7, 11) is 0. The van der Waals surface area contributed by atoms with Gasteiger partial charge in [-0.15, -0.1) is 0 Å². The van der Waals surface area contributed by atoms with Crippen molar-refractivity contribution < 1.29 is 18.0 Å². The van der Waals surface area contributed by atoms with Crippen LogP contribution in [0.15, 0.2) is 48.7 Å². The summed E-state index contributed by atoms with van der Waals surface area (Å²) >= 11 is 0. The number of aromatic nitrogens is 2. The monoisotopic (exact) mass is 388 g/mol. The van der Waals surface area contributed by atoms with Gasteiger partial charge in [-0.2, -0.15) is 18.3 Å². The highest BCUT2D eigenvalue weighted by molar-refractivity contribution is 6.00. The number of benzene rings is 2. The van der Waals surface area contributed by atoms with E-state index in [1.165, 1.54) is 12.1 Å². The average Bonchev–Trinajstić information content (AvgIpc) is 3.31. The Labute approximate surface area is 159 Å². The van der Waals surface area contributed by atoms with Gasteiger partial charge in [0, 0.05) is 11.4 Å². The van der Waals surface area contributed by atoms with Crippen molar-refractivity contribution in [1.29, 1.82) is 0 Å². The molecule has 0 bridgehead atoms. The molecule has 0 radical (unpaired) electrons. The fourth-order valence-electron chi connectivity index (χ4n) is 3.78. The minimum atomic E-state index is -4.33. The van der Waals surface area contributed by atoms with Gasteiger partial charge in [-0.25, -0.2) is 4.79 Å². The van der Waals surface area contributed by atoms with E-state index in [-0.39, 0.29) is 18.0 Å². The van der Waals surface area contributed by atoms with Crippen LogP contribution < -0.4 is 10.6 Å². The first kappa shape index (κ1) is 18.3. The highest BCUT2D eigenvalue weighted by Gasteiger charge is 2.31. The van der Waals surface area contributed by atoms with Crippen molar-refractivity contribution in [3.8, 4) is 0 Å². The lowest BCUT2D eigenvalue weighted by molar-refractivity contribution is -0.137. The van der Waals surface area contributed by atoms with Gasteiger partial charge in [0.2, 0.25) is 0 Å². The normalized spacial score (nSPS) is 19.7. The molecule has 28 heavy (non-hydrogen) atoms. The molecule has 2 atom stereocenters. The lowest BCUT2D eigenvalue weighted by atomic mass is 9.96. The molecule has 0 saturated heterocycles. The molecule has 1 aromatic heterocycles. The van der Waals surface area contributed by atoms with E-state index >= 15 is 0 Å². The second-order valence-electron chi connectivity index (χ2n) is 7.06. The number of nitrogens with one attached hydrogen (secondary N) is 3. The zero-order valence-corrected chi connectivity index (χ0v) is 14.9. The van der Waals surface area contributed by atoms with Gasteiger partial charge in [-0.05, 0) is 55.0 Å². The standard InChI is InChI=1S/C20H19F3N4O/c21-20(22,23)14-7-4-12(5-8-14)13-6-9-15(10-13)25-19(28)26-17-2-1-3-18-16(17)11-24-27-18/h1-5,7-8,11,13,15H,6,9-10H2,(H,24,27)(H2,25,26,28)/t13-,15+/m1/s1. The van der Waals surface area contributed by atoms with Crippen LogP contribution in [0.4, 0.5) is 23.7 Å². The SMILES string of the molecule is O=C(Nc1cccc2[nH]ncc12)N[C@H]1CC[C@@H](c2ccc(C(F)(F)F)cc2)C1. The predicted molar refractivity (Wildman–Crippen MR) is 100 cm³/mol. The van der Waals surface area contributed by atoms with Crippen LogP contribution in [0.1, 0.15) is 36.3 Å². The van der Waals surface area contributed by atoms with Crippen LogP contribution in [0.2, 0.25) is 0 Å². The summed E-state index contributed by atoms with van der Waals surface area (Å²) in [6.07, 6.45) is -0.354.